The molecule has 1 saturated carbocycles. The molecule has 0 bridgehead atoms. The molecule has 1 saturated heterocycles. The minimum atomic E-state index is 0.130. The molecule has 1 aliphatic heterocycles. The molecular weight excluding hydrogens is 200 g/mol. The molecule has 3 nitrogen and oxygen atoms in total. The quantitative estimate of drug-likeness (QED) is 0.798. The second-order valence-electron chi connectivity index (χ2n) is 4.97. The van der Waals surface area contributed by atoms with Gasteiger partial charge >= 0.3 is 0 Å². The summed E-state index contributed by atoms with van der Waals surface area (Å²) in [5.41, 5.74) is 8.24. The third-order valence-corrected chi connectivity index (χ3v) is 3.75. The zero-order valence-corrected chi connectivity index (χ0v) is 9.39. The van der Waals surface area contributed by atoms with Crippen LogP contribution in [0.1, 0.15) is 11.1 Å². The highest BCUT2D eigenvalue weighted by molar-refractivity contribution is 5.86. The summed E-state index contributed by atoms with van der Waals surface area (Å²) in [6.45, 7) is 3.65. The summed E-state index contributed by atoms with van der Waals surface area (Å²) in [6, 6.07) is 8.49. The number of nitrogens with zero attached hydrogens (tertiary/aromatic N) is 1. The van der Waals surface area contributed by atoms with Crippen LogP contribution in [0.5, 0.6) is 0 Å². The van der Waals surface area contributed by atoms with Crippen LogP contribution in [0.15, 0.2) is 24.3 Å². The summed E-state index contributed by atoms with van der Waals surface area (Å²) in [6.07, 6.45) is 0. The van der Waals surface area contributed by atoms with Gasteiger partial charge < -0.3 is 10.6 Å². The molecule has 16 heavy (non-hydrogen) atoms. The molecule has 2 aliphatic rings. The van der Waals surface area contributed by atoms with Crippen LogP contribution in [0.25, 0.3) is 0 Å². The number of benzene rings is 1. The van der Waals surface area contributed by atoms with Gasteiger partial charge in [-0.3, -0.25) is 4.79 Å². The molecule has 0 aromatic heterocycles. The number of nitrogens with two attached hydrogens (primary N) is 1. The predicted octanol–water partition coefficient (Wildman–Crippen LogP) is 0.911. The van der Waals surface area contributed by atoms with E-state index in [1.807, 2.05) is 4.90 Å². The van der Waals surface area contributed by atoms with Gasteiger partial charge in [-0.05, 0) is 12.5 Å². The van der Waals surface area contributed by atoms with Crippen LogP contribution >= 0.6 is 0 Å². The molecule has 1 amide bonds. The van der Waals surface area contributed by atoms with E-state index in [-0.39, 0.29) is 17.9 Å². The fourth-order valence-electron chi connectivity index (χ4n) is 2.60. The van der Waals surface area contributed by atoms with Gasteiger partial charge in [-0.25, -0.2) is 0 Å². The molecule has 1 aromatic carbocycles. The van der Waals surface area contributed by atoms with Crippen molar-refractivity contribution in [2.24, 2.45) is 17.6 Å². The van der Waals surface area contributed by atoms with Crippen LogP contribution < -0.4 is 5.73 Å². The Bertz CT molecular complexity index is 426. The Morgan fingerprint density at radius 1 is 1.38 bits per heavy atom. The van der Waals surface area contributed by atoms with Gasteiger partial charge in [-0.15, -0.1) is 0 Å². The minimum Gasteiger partial charge on any atom is -0.338 e. The summed E-state index contributed by atoms with van der Waals surface area (Å²) in [5.74, 6) is 0.807. The molecule has 2 N–H and O–H groups in total. The van der Waals surface area contributed by atoms with Gasteiger partial charge in [0.2, 0.25) is 5.91 Å². The van der Waals surface area contributed by atoms with Crippen molar-refractivity contribution in [1.29, 1.82) is 0 Å². The van der Waals surface area contributed by atoms with Crippen molar-refractivity contribution < 1.29 is 4.79 Å². The zero-order chi connectivity index (χ0) is 11.3. The van der Waals surface area contributed by atoms with Crippen molar-refractivity contribution in [1.82, 2.24) is 4.90 Å². The first-order chi connectivity index (χ1) is 7.66. The Morgan fingerprint density at radius 3 is 2.62 bits per heavy atom. The van der Waals surface area contributed by atoms with E-state index in [1.54, 1.807) is 0 Å². The lowest BCUT2D eigenvalue weighted by atomic mass is 10.1. The maximum absolute atomic E-state index is 11.9. The van der Waals surface area contributed by atoms with Crippen molar-refractivity contribution in [2.75, 3.05) is 6.54 Å². The molecule has 0 radical (unpaired) electrons. The van der Waals surface area contributed by atoms with Crippen molar-refractivity contribution >= 4 is 5.91 Å². The Morgan fingerprint density at radius 2 is 2.06 bits per heavy atom. The summed E-state index contributed by atoms with van der Waals surface area (Å²) in [7, 11) is 0. The molecule has 3 atom stereocenters. The van der Waals surface area contributed by atoms with Crippen LogP contribution in [0.4, 0.5) is 0 Å². The second kappa shape index (κ2) is 3.32. The number of hydrogen-bond acceptors (Lipinski definition) is 2. The van der Waals surface area contributed by atoms with E-state index in [2.05, 4.69) is 31.2 Å². The number of amides is 1. The van der Waals surface area contributed by atoms with Gasteiger partial charge in [0.25, 0.3) is 0 Å². The van der Waals surface area contributed by atoms with Crippen molar-refractivity contribution in [3.05, 3.63) is 35.4 Å². The van der Waals surface area contributed by atoms with Crippen LogP contribution in [0.3, 0.4) is 0 Å². The summed E-state index contributed by atoms with van der Waals surface area (Å²) in [5, 5.41) is 0. The van der Waals surface area contributed by atoms with E-state index in [0.717, 1.165) is 13.1 Å². The Kier molecular flexibility index (Phi) is 2.04. The third-order valence-electron chi connectivity index (χ3n) is 3.75. The van der Waals surface area contributed by atoms with Crippen LogP contribution in [0, 0.1) is 18.8 Å². The van der Waals surface area contributed by atoms with E-state index < -0.39 is 0 Å². The van der Waals surface area contributed by atoms with E-state index in [9.17, 15) is 4.79 Å². The van der Waals surface area contributed by atoms with Crippen LogP contribution in [-0.4, -0.2) is 23.4 Å². The molecule has 3 unspecified atom stereocenters. The number of fused-ring (bicyclic) bond motifs is 1. The Hall–Kier alpha value is -1.35. The molecule has 3 rings (SSSR count). The monoisotopic (exact) mass is 216 g/mol. The van der Waals surface area contributed by atoms with Gasteiger partial charge in [0.15, 0.2) is 0 Å². The van der Waals surface area contributed by atoms with Gasteiger partial charge in [0.1, 0.15) is 0 Å². The van der Waals surface area contributed by atoms with Crippen molar-refractivity contribution in [2.45, 2.75) is 19.5 Å². The number of likely N-dealkylation sites (tertiary alicyclic amines) is 1. The lowest BCUT2D eigenvalue weighted by Crippen LogP contribution is -2.32. The fraction of sp³-hybridized carbons (Fsp3) is 0.462. The SMILES string of the molecule is Cc1ccc(CN2CC3C(N)C3C2=O)cc1. The maximum atomic E-state index is 11.9. The van der Waals surface area contributed by atoms with Crippen LogP contribution in [0.2, 0.25) is 0 Å². The molecule has 84 valence electrons. The predicted molar refractivity (Wildman–Crippen MR) is 61.6 cm³/mol. The highest BCUT2D eigenvalue weighted by Crippen LogP contribution is 2.45. The van der Waals surface area contributed by atoms with Gasteiger partial charge in [0.05, 0.1) is 5.92 Å². The highest BCUT2D eigenvalue weighted by Gasteiger charge is 2.59. The number of carbonyl (C=O) groups is 1. The molecular formula is C13H16N2O. The summed E-state index contributed by atoms with van der Waals surface area (Å²) < 4.78 is 0. The molecule has 2 fully saturated rings. The molecule has 1 heterocycles. The normalized spacial score (nSPS) is 31.8. The number of rotatable bonds is 2. The second-order valence-corrected chi connectivity index (χ2v) is 4.97. The lowest BCUT2D eigenvalue weighted by Gasteiger charge is -2.19. The maximum Gasteiger partial charge on any atom is 0.227 e. The first kappa shape index (κ1) is 9.85. The standard InChI is InChI=1S/C13H16N2O/c1-8-2-4-9(5-3-8)6-15-7-10-11(12(10)14)13(15)16/h2-5,10-12H,6-7,14H2,1H3. The average molecular weight is 216 g/mol. The number of piperidine rings is 1. The highest BCUT2D eigenvalue weighted by atomic mass is 16.2. The Balaban J connectivity index is 1.68. The third kappa shape index (κ3) is 1.43. The number of aryl methyl sites for hydroxylation is 1. The zero-order valence-electron chi connectivity index (χ0n) is 9.39. The van der Waals surface area contributed by atoms with Gasteiger partial charge in [-0.2, -0.15) is 0 Å². The van der Waals surface area contributed by atoms with E-state index >= 15 is 0 Å². The van der Waals surface area contributed by atoms with E-state index in [0.29, 0.717) is 5.92 Å². The smallest absolute Gasteiger partial charge is 0.227 e. The first-order valence-electron chi connectivity index (χ1n) is 5.77. The van der Waals surface area contributed by atoms with Crippen molar-refractivity contribution in [3.8, 4) is 0 Å². The van der Waals surface area contributed by atoms with Gasteiger partial charge in [-0.1, -0.05) is 29.8 Å². The lowest BCUT2D eigenvalue weighted by molar-refractivity contribution is -0.130. The molecule has 3 heteroatoms. The topological polar surface area (TPSA) is 46.3 Å². The molecule has 0 spiro atoms. The Labute approximate surface area is 95.2 Å². The van der Waals surface area contributed by atoms with Crippen LogP contribution in [-0.2, 0) is 11.3 Å². The first-order valence-corrected chi connectivity index (χ1v) is 5.77. The molecule has 1 aliphatic carbocycles. The fourth-order valence-corrected chi connectivity index (χ4v) is 2.60. The number of carbonyl (C=O) groups excluding carboxylic acids is 1. The van der Waals surface area contributed by atoms with Gasteiger partial charge in [0, 0.05) is 25.0 Å². The summed E-state index contributed by atoms with van der Waals surface area (Å²) >= 11 is 0. The van der Waals surface area contributed by atoms with E-state index in [1.165, 1.54) is 11.1 Å². The van der Waals surface area contributed by atoms with E-state index in [4.69, 9.17) is 5.73 Å². The largest absolute Gasteiger partial charge is 0.338 e. The van der Waals surface area contributed by atoms with Crippen molar-refractivity contribution in [3.63, 3.8) is 0 Å². The number of hydrogen-bond donors (Lipinski definition) is 1. The summed E-state index contributed by atoms with van der Waals surface area (Å²) in [4.78, 5) is 13.8. The minimum absolute atomic E-state index is 0.130. The average Bonchev–Trinajstić information content (AvgIpc) is 2.76. The molecule has 1 aromatic rings.